The van der Waals surface area contributed by atoms with Crippen LogP contribution in [0, 0.1) is 6.92 Å². The van der Waals surface area contributed by atoms with Crippen LogP contribution in [0.2, 0.25) is 5.02 Å². The number of urea groups is 1. The van der Waals surface area contributed by atoms with Gasteiger partial charge < -0.3 is 15.0 Å². The number of aliphatic imine (C=N–C) groups is 2. The highest BCUT2D eigenvalue weighted by atomic mass is 35.5. The zero-order valence-corrected chi connectivity index (χ0v) is 21.8. The summed E-state index contributed by atoms with van der Waals surface area (Å²) in [6, 6.07) is 5.31. The van der Waals surface area contributed by atoms with E-state index in [0.717, 1.165) is 52.6 Å². The highest BCUT2D eigenvalue weighted by Gasteiger charge is 2.31. The quantitative estimate of drug-likeness (QED) is 0.553. The van der Waals surface area contributed by atoms with Crippen molar-refractivity contribution in [3.05, 3.63) is 44.1 Å². The third kappa shape index (κ3) is 5.42. The van der Waals surface area contributed by atoms with E-state index in [9.17, 15) is 9.59 Å². The minimum absolute atomic E-state index is 0.0597. The van der Waals surface area contributed by atoms with E-state index in [-0.39, 0.29) is 24.6 Å². The molecule has 2 saturated heterocycles. The first-order chi connectivity index (χ1) is 16.8. The van der Waals surface area contributed by atoms with Crippen LogP contribution in [-0.4, -0.2) is 74.0 Å². The molecule has 186 valence electrons. The van der Waals surface area contributed by atoms with Crippen molar-refractivity contribution < 1.29 is 14.3 Å². The molecular formula is C25H30ClN5O3S. The van der Waals surface area contributed by atoms with E-state index < -0.39 is 0 Å². The van der Waals surface area contributed by atoms with Gasteiger partial charge in [0.25, 0.3) is 0 Å². The second-order valence-corrected chi connectivity index (χ2v) is 10.4. The summed E-state index contributed by atoms with van der Waals surface area (Å²) in [4.78, 5) is 38.3. The van der Waals surface area contributed by atoms with E-state index in [2.05, 4.69) is 22.0 Å². The van der Waals surface area contributed by atoms with Crippen molar-refractivity contribution in [2.24, 2.45) is 9.98 Å². The fourth-order valence-corrected chi connectivity index (χ4v) is 5.83. The number of hydrogen-bond acceptors (Lipinski definition) is 7. The molecule has 35 heavy (non-hydrogen) atoms. The number of ether oxygens (including phenoxy) is 1. The van der Waals surface area contributed by atoms with Crippen LogP contribution in [0.25, 0.3) is 0 Å². The van der Waals surface area contributed by atoms with E-state index in [1.165, 1.54) is 16.2 Å². The first-order valence-electron chi connectivity index (χ1n) is 11.6. The fourth-order valence-electron chi connectivity index (χ4n) is 4.41. The van der Waals surface area contributed by atoms with Gasteiger partial charge in [-0.05, 0) is 56.8 Å². The smallest absolute Gasteiger partial charge is 0.326 e. The predicted octanol–water partition coefficient (Wildman–Crippen LogP) is 4.42. The number of hydrogen-bond donors (Lipinski definition) is 1. The molecule has 1 atom stereocenters. The van der Waals surface area contributed by atoms with Crippen molar-refractivity contribution >= 4 is 53.0 Å². The van der Waals surface area contributed by atoms with Gasteiger partial charge in [0.05, 0.1) is 22.8 Å². The number of nitrogens with zero attached hydrogens (tertiary/aromatic N) is 4. The number of carbonyl (C=O) groups excluding carboxylic acids is 2. The molecule has 10 heteroatoms. The number of amides is 3. The maximum Gasteiger partial charge on any atom is 0.326 e. The standard InChI is InChI=1S/C25H30ClN5O3S/c1-15-10-16(26)11-19(23(15)34-17-6-5-8-29-13-17)22(28-3)24-20(27-2)12-18(35-24)14-31-21(32)7-9-30(4)25(31)33/h10-12,17,29H,2,5-9,13-14H2,1,3-4H3/b28-22-/t17-/m0/s1. The molecule has 2 aromatic rings. The molecule has 1 N–H and O–H groups in total. The minimum Gasteiger partial charge on any atom is -0.488 e. The average molecular weight is 516 g/mol. The van der Waals surface area contributed by atoms with Crippen LogP contribution in [0.3, 0.4) is 0 Å². The zero-order chi connectivity index (χ0) is 25.1. The van der Waals surface area contributed by atoms with Crippen molar-refractivity contribution in [1.29, 1.82) is 0 Å². The predicted molar refractivity (Wildman–Crippen MR) is 141 cm³/mol. The summed E-state index contributed by atoms with van der Waals surface area (Å²) in [5, 5.41) is 3.97. The second-order valence-electron chi connectivity index (χ2n) is 8.78. The van der Waals surface area contributed by atoms with Gasteiger partial charge in [-0.25, -0.2) is 4.79 Å². The molecule has 0 spiro atoms. The number of carbonyl (C=O) groups is 2. The Bertz CT molecular complexity index is 1170. The molecule has 2 aliphatic heterocycles. The third-order valence-electron chi connectivity index (χ3n) is 6.24. The topological polar surface area (TPSA) is 86.6 Å². The highest BCUT2D eigenvalue weighted by molar-refractivity contribution is 7.15. The molecule has 3 amide bonds. The Morgan fingerprint density at radius 1 is 1.34 bits per heavy atom. The largest absolute Gasteiger partial charge is 0.488 e. The van der Waals surface area contributed by atoms with E-state index in [0.29, 0.717) is 29.4 Å². The Morgan fingerprint density at radius 3 is 2.83 bits per heavy atom. The zero-order valence-electron chi connectivity index (χ0n) is 20.3. The molecule has 3 heterocycles. The molecular weight excluding hydrogens is 486 g/mol. The monoisotopic (exact) mass is 515 g/mol. The number of nitrogens with one attached hydrogen (secondary N) is 1. The van der Waals surface area contributed by atoms with Gasteiger partial charge in [-0.1, -0.05) is 11.6 Å². The van der Waals surface area contributed by atoms with Crippen LogP contribution in [0.15, 0.2) is 28.2 Å². The van der Waals surface area contributed by atoms with Crippen LogP contribution >= 0.6 is 22.9 Å². The first-order valence-corrected chi connectivity index (χ1v) is 12.8. The normalized spacial score (nSPS) is 19.3. The van der Waals surface area contributed by atoms with Gasteiger partial charge in [0, 0.05) is 49.1 Å². The van der Waals surface area contributed by atoms with Gasteiger partial charge >= 0.3 is 6.03 Å². The Morgan fingerprint density at radius 2 is 2.14 bits per heavy atom. The van der Waals surface area contributed by atoms with Gasteiger partial charge in [0.1, 0.15) is 11.9 Å². The number of benzene rings is 1. The van der Waals surface area contributed by atoms with Crippen LogP contribution in [0.4, 0.5) is 10.5 Å². The lowest BCUT2D eigenvalue weighted by Gasteiger charge is -2.31. The third-order valence-corrected chi connectivity index (χ3v) is 7.57. The molecule has 1 aromatic heterocycles. The van der Waals surface area contributed by atoms with E-state index in [1.54, 1.807) is 19.0 Å². The molecule has 0 saturated carbocycles. The number of imide groups is 1. The Labute approximate surface area is 214 Å². The molecule has 0 bridgehead atoms. The van der Waals surface area contributed by atoms with Crippen LogP contribution in [-0.2, 0) is 11.3 Å². The van der Waals surface area contributed by atoms with Gasteiger partial charge in [0.15, 0.2) is 0 Å². The van der Waals surface area contributed by atoms with Gasteiger partial charge in [-0.2, -0.15) is 0 Å². The molecule has 0 unspecified atom stereocenters. The summed E-state index contributed by atoms with van der Waals surface area (Å²) in [5.41, 5.74) is 3.03. The minimum atomic E-state index is -0.295. The summed E-state index contributed by atoms with van der Waals surface area (Å²) < 4.78 is 6.47. The van der Waals surface area contributed by atoms with E-state index in [4.69, 9.17) is 16.3 Å². The molecule has 2 aliphatic rings. The number of halogens is 1. The number of rotatable bonds is 7. The molecule has 0 radical (unpaired) electrons. The fraction of sp³-hybridized carbons (Fsp3) is 0.440. The van der Waals surface area contributed by atoms with Gasteiger partial charge in [0.2, 0.25) is 5.91 Å². The second kappa shape index (κ2) is 10.9. The van der Waals surface area contributed by atoms with Crippen molar-refractivity contribution in [3.63, 3.8) is 0 Å². The maximum atomic E-state index is 12.6. The van der Waals surface area contributed by atoms with Crippen molar-refractivity contribution in [2.45, 2.75) is 38.8 Å². The van der Waals surface area contributed by atoms with Gasteiger partial charge in [-0.15, -0.1) is 11.3 Å². The lowest BCUT2D eigenvalue weighted by Crippen LogP contribution is -2.49. The maximum absolute atomic E-state index is 12.6. The number of aryl methyl sites for hydroxylation is 1. The Hall–Kier alpha value is -2.75. The SMILES string of the molecule is C=Nc1cc(CN2C(=O)CCN(C)C2=O)sc1/C(=N\C)c1cc(Cl)cc(C)c1O[C@H]1CCCNC1. The average Bonchev–Trinajstić information content (AvgIpc) is 3.25. The summed E-state index contributed by atoms with van der Waals surface area (Å²) in [7, 11) is 3.42. The number of thiophene rings is 1. The summed E-state index contributed by atoms with van der Waals surface area (Å²) in [5.74, 6) is 0.569. The van der Waals surface area contributed by atoms with Crippen molar-refractivity contribution in [1.82, 2.24) is 15.1 Å². The van der Waals surface area contributed by atoms with Crippen LogP contribution in [0.1, 0.15) is 40.1 Å². The summed E-state index contributed by atoms with van der Waals surface area (Å²) in [6.45, 7) is 8.11. The molecule has 1 aromatic carbocycles. The lowest BCUT2D eigenvalue weighted by molar-refractivity contribution is -0.131. The summed E-state index contributed by atoms with van der Waals surface area (Å²) >= 11 is 7.90. The summed E-state index contributed by atoms with van der Waals surface area (Å²) in [6.07, 6.45) is 2.41. The highest BCUT2D eigenvalue weighted by Crippen LogP contribution is 2.38. The van der Waals surface area contributed by atoms with Crippen molar-refractivity contribution in [3.8, 4) is 5.75 Å². The van der Waals surface area contributed by atoms with E-state index in [1.807, 2.05) is 25.1 Å². The molecule has 0 aliphatic carbocycles. The molecule has 4 rings (SSSR count). The Balaban J connectivity index is 1.70. The lowest BCUT2D eigenvalue weighted by atomic mass is 10.0. The molecule has 2 fully saturated rings. The van der Waals surface area contributed by atoms with Crippen molar-refractivity contribution in [2.75, 3.05) is 33.7 Å². The molecule has 8 nitrogen and oxygen atoms in total. The number of piperidine rings is 1. The Kier molecular flexibility index (Phi) is 7.88. The van der Waals surface area contributed by atoms with Crippen LogP contribution in [0.5, 0.6) is 5.75 Å². The first kappa shape index (κ1) is 25.3. The van der Waals surface area contributed by atoms with E-state index >= 15 is 0 Å². The van der Waals surface area contributed by atoms with Gasteiger partial charge in [-0.3, -0.25) is 19.7 Å². The van der Waals surface area contributed by atoms with Crippen LogP contribution < -0.4 is 10.1 Å².